The van der Waals surface area contributed by atoms with Gasteiger partial charge in [0.15, 0.2) is 5.65 Å². The molecular formula is C9H8N4O2. The molecule has 1 aliphatic rings. The summed E-state index contributed by atoms with van der Waals surface area (Å²) in [6, 6.07) is 0. The third-order valence-electron chi connectivity index (χ3n) is 2.49. The van der Waals surface area contributed by atoms with Gasteiger partial charge in [0.25, 0.3) is 0 Å². The molecule has 15 heavy (non-hydrogen) atoms. The van der Waals surface area contributed by atoms with Gasteiger partial charge in [0.2, 0.25) is 0 Å². The standard InChI is InChI=1S/C9H8N4O2/c14-9(15)6-3-10-8-7(5-1-2-5)11-12-13(8)4-6/h3-5H,1-2H2,(H,14,15). The van der Waals surface area contributed by atoms with Gasteiger partial charge in [-0.25, -0.2) is 14.3 Å². The number of rotatable bonds is 2. The van der Waals surface area contributed by atoms with E-state index < -0.39 is 5.97 Å². The van der Waals surface area contributed by atoms with E-state index in [1.807, 2.05) is 0 Å². The summed E-state index contributed by atoms with van der Waals surface area (Å²) in [5, 5.41) is 16.7. The number of carbonyl (C=O) groups is 1. The molecule has 0 bridgehead atoms. The zero-order chi connectivity index (χ0) is 10.4. The molecule has 0 aliphatic heterocycles. The molecule has 0 radical (unpaired) electrons. The minimum atomic E-state index is -1.01. The first-order valence-electron chi connectivity index (χ1n) is 4.70. The fraction of sp³-hybridized carbons (Fsp3) is 0.333. The first-order chi connectivity index (χ1) is 7.25. The highest BCUT2D eigenvalue weighted by atomic mass is 16.4. The lowest BCUT2D eigenvalue weighted by Gasteiger charge is -1.95. The summed E-state index contributed by atoms with van der Waals surface area (Å²) in [5.41, 5.74) is 1.67. The molecule has 1 aliphatic carbocycles. The van der Waals surface area contributed by atoms with Gasteiger partial charge in [0.05, 0.1) is 5.56 Å². The molecule has 0 amide bonds. The van der Waals surface area contributed by atoms with E-state index >= 15 is 0 Å². The van der Waals surface area contributed by atoms with E-state index in [0.29, 0.717) is 11.6 Å². The van der Waals surface area contributed by atoms with E-state index in [-0.39, 0.29) is 5.56 Å². The Morgan fingerprint density at radius 1 is 1.53 bits per heavy atom. The van der Waals surface area contributed by atoms with Crippen molar-refractivity contribution in [3.05, 3.63) is 23.7 Å². The van der Waals surface area contributed by atoms with Gasteiger partial charge in [-0.2, -0.15) is 0 Å². The maximum absolute atomic E-state index is 10.7. The van der Waals surface area contributed by atoms with Crippen molar-refractivity contribution in [2.75, 3.05) is 0 Å². The van der Waals surface area contributed by atoms with Crippen LogP contribution in [0.15, 0.2) is 12.4 Å². The van der Waals surface area contributed by atoms with Crippen LogP contribution in [0.1, 0.15) is 34.8 Å². The Hall–Kier alpha value is -1.98. The number of hydrogen-bond acceptors (Lipinski definition) is 4. The van der Waals surface area contributed by atoms with Gasteiger partial charge in [-0.15, -0.1) is 5.10 Å². The van der Waals surface area contributed by atoms with Crippen LogP contribution in [0.25, 0.3) is 5.65 Å². The lowest BCUT2D eigenvalue weighted by atomic mass is 10.3. The molecule has 0 spiro atoms. The summed E-state index contributed by atoms with van der Waals surface area (Å²) in [6.45, 7) is 0. The molecule has 1 fully saturated rings. The predicted molar refractivity (Wildman–Crippen MR) is 49.7 cm³/mol. The number of fused-ring (bicyclic) bond motifs is 1. The highest BCUT2D eigenvalue weighted by Gasteiger charge is 2.29. The number of hydrogen-bond donors (Lipinski definition) is 1. The van der Waals surface area contributed by atoms with E-state index in [1.54, 1.807) is 0 Å². The second-order valence-electron chi connectivity index (χ2n) is 3.66. The summed E-state index contributed by atoms with van der Waals surface area (Å²) < 4.78 is 1.43. The Morgan fingerprint density at radius 2 is 2.33 bits per heavy atom. The van der Waals surface area contributed by atoms with Gasteiger partial charge in [-0.05, 0) is 12.8 Å². The van der Waals surface area contributed by atoms with E-state index in [2.05, 4.69) is 15.3 Å². The van der Waals surface area contributed by atoms with Gasteiger partial charge < -0.3 is 5.11 Å². The minimum Gasteiger partial charge on any atom is -0.478 e. The van der Waals surface area contributed by atoms with E-state index in [1.165, 1.54) is 16.9 Å². The monoisotopic (exact) mass is 204 g/mol. The maximum atomic E-state index is 10.7. The van der Waals surface area contributed by atoms with Gasteiger partial charge in [0, 0.05) is 18.3 Å². The molecule has 0 atom stereocenters. The highest BCUT2D eigenvalue weighted by molar-refractivity contribution is 5.87. The van der Waals surface area contributed by atoms with Gasteiger partial charge >= 0.3 is 5.97 Å². The average Bonchev–Trinajstić information content (AvgIpc) is 2.98. The van der Waals surface area contributed by atoms with E-state index in [9.17, 15) is 4.79 Å². The summed E-state index contributed by atoms with van der Waals surface area (Å²) in [6.07, 6.45) is 5.02. The molecule has 2 aromatic heterocycles. The van der Waals surface area contributed by atoms with Crippen LogP contribution in [-0.4, -0.2) is 30.9 Å². The van der Waals surface area contributed by atoms with Crippen LogP contribution in [0.2, 0.25) is 0 Å². The number of carboxylic acid groups (broad SMARTS) is 1. The molecule has 3 rings (SSSR count). The van der Waals surface area contributed by atoms with Crippen LogP contribution < -0.4 is 0 Å². The highest BCUT2D eigenvalue weighted by Crippen LogP contribution is 2.40. The van der Waals surface area contributed by atoms with Crippen molar-refractivity contribution in [3.8, 4) is 0 Å². The molecule has 1 N–H and O–H groups in total. The van der Waals surface area contributed by atoms with Crippen LogP contribution in [0, 0.1) is 0 Å². The molecule has 2 heterocycles. The second kappa shape index (κ2) is 2.75. The summed E-state index contributed by atoms with van der Waals surface area (Å²) in [7, 11) is 0. The molecule has 2 aromatic rings. The first-order valence-corrected chi connectivity index (χ1v) is 4.70. The van der Waals surface area contributed by atoms with Crippen molar-refractivity contribution in [1.82, 2.24) is 19.8 Å². The Morgan fingerprint density at radius 3 is 3.00 bits per heavy atom. The van der Waals surface area contributed by atoms with Crippen LogP contribution in [0.4, 0.5) is 0 Å². The first kappa shape index (κ1) is 8.34. The van der Waals surface area contributed by atoms with Gasteiger partial charge in [0.1, 0.15) is 5.69 Å². The molecule has 6 heteroatoms. The van der Waals surface area contributed by atoms with E-state index in [4.69, 9.17) is 5.11 Å². The molecule has 0 aromatic carbocycles. The largest absolute Gasteiger partial charge is 0.478 e. The predicted octanol–water partition coefficient (Wildman–Crippen LogP) is 0.700. The molecule has 6 nitrogen and oxygen atoms in total. The Balaban J connectivity index is 2.17. The van der Waals surface area contributed by atoms with Crippen LogP contribution in [0.5, 0.6) is 0 Å². The SMILES string of the molecule is O=C(O)c1cnc2c(C3CC3)nnn2c1. The van der Waals surface area contributed by atoms with E-state index in [0.717, 1.165) is 18.5 Å². The average molecular weight is 204 g/mol. The third-order valence-corrected chi connectivity index (χ3v) is 2.49. The van der Waals surface area contributed by atoms with Crippen LogP contribution in [-0.2, 0) is 0 Å². The molecule has 0 unspecified atom stereocenters. The summed E-state index contributed by atoms with van der Waals surface area (Å²) in [5.74, 6) is -0.543. The Bertz CT molecular complexity index is 544. The fourth-order valence-electron chi connectivity index (χ4n) is 1.54. The Labute approximate surface area is 84.6 Å². The zero-order valence-corrected chi connectivity index (χ0v) is 7.79. The molecule has 1 saturated carbocycles. The van der Waals surface area contributed by atoms with Crippen molar-refractivity contribution in [2.24, 2.45) is 0 Å². The van der Waals surface area contributed by atoms with Crippen molar-refractivity contribution in [2.45, 2.75) is 18.8 Å². The van der Waals surface area contributed by atoms with Crippen molar-refractivity contribution in [1.29, 1.82) is 0 Å². The topological polar surface area (TPSA) is 80.4 Å². The smallest absolute Gasteiger partial charge is 0.338 e. The van der Waals surface area contributed by atoms with Crippen molar-refractivity contribution >= 4 is 11.6 Å². The minimum absolute atomic E-state index is 0.120. The summed E-state index contributed by atoms with van der Waals surface area (Å²) >= 11 is 0. The number of aromatic carboxylic acids is 1. The number of aromatic nitrogens is 4. The lowest BCUT2D eigenvalue weighted by Crippen LogP contribution is -2.01. The molecular weight excluding hydrogens is 196 g/mol. The van der Waals surface area contributed by atoms with Crippen molar-refractivity contribution in [3.63, 3.8) is 0 Å². The number of carboxylic acids is 1. The van der Waals surface area contributed by atoms with Crippen LogP contribution in [0.3, 0.4) is 0 Å². The quantitative estimate of drug-likeness (QED) is 0.778. The maximum Gasteiger partial charge on any atom is 0.338 e. The van der Waals surface area contributed by atoms with Crippen LogP contribution >= 0.6 is 0 Å². The van der Waals surface area contributed by atoms with Gasteiger partial charge in [-0.1, -0.05) is 5.21 Å². The second-order valence-corrected chi connectivity index (χ2v) is 3.66. The Kier molecular flexibility index (Phi) is 1.53. The third kappa shape index (κ3) is 1.25. The lowest BCUT2D eigenvalue weighted by molar-refractivity contribution is 0.0695. The van der Waals surface area contributed by atoms with Gasteiger partial charge in [-0.3, -0.25) is 0 Å². The normalized spacial score (nSPS) is 15.7. The summed E-state index contributed by atoms with van der Waals surface area (Å²) in [4.78, 5) is 14.8. The fourth-order valence-corrected chi connectivity index (χ4v) is 1.54. The molecule has 76 valence electrons. The number of nitrogens with zero attached hydrogens (tertiary/aromatic N) is 4. The zero-order valence-electron chi connectivity index (χ0n) is 7.79. The molecule has 0 saturated heterocycles. The van der Waals surface area contributed by atoms with Crippen molar-refractivity contribution < 1.29 is 9.90 Å².